The van der Waals surface area contributed by atoms with Crippen molar-refractivity contribution in [3.05, 3.63) is 83.2 Å². The molecule has 0 aliphatic heterocycles. The first-order valence-electron chi connectivity index (χ1n) is 12.1. The molecule has 0 fully saturated rings. The molecule has 206 valence electrons. The summed E-state index contributed by atoms with van der Waals surface area (Å²) in [4.78, 5) is 25.2. The van der Waals surface area contributed by atoms with E-state index in [1.165, 1.54) is 30.5 Å². The molecule has 0 saturated heterocycles. The van der Waals surface area contributed by atoms with E-state index < -0.39 is 21.2 Å². The van der Waals surface area contributed by atoms with Crippen molar-refractivity contribution >= 4 is 45.1 Å². The van der Waals surface area contributed by atoms with Gasteiger partial charge in [-0.25, -0.2) is 28.1 Å². The number of nitrogens with zero attached hydrogens (tertiary/aromatic N) is 5. The van der Waals surface area contributed by atoms with E-state index in [1.54, 1.807) is 32.0 Å². The Hall–Kier alpha value is -4.98. The number of aryl methyl sites for hydroxylation is 2. The van der Waals surface area contributed by atoms with Crippen molar-refractivity contribution < 1.29 is 13.2 Å². The van der Waals surface area contributed by atoms with E-state index in [9.17, 15) is 23.7 Å². The third-order valence-electron chi connectivity index (χ3n) is 5.87. The fraction of sp³-hybridized carbons (Fsp3) is 0.143. The van der Waals surface area contributed by atoms with Crippen molar-refractivity contribution in [1.82, 2.24) is 15.0 Å². The van der Waals surface area contributed by atoms with Gasteiger partial charge in [0.15, 0.2) is 0 Å². The second-order valence-electron chi connectivity index (χ2n) is 8.92. The highest BCUT2D eigenvalue weighted by Gasteiger charge is 2.24. The number of carbonyl (C=O) groups excluding carboxylic acids is 1. The highest BCUT2D eigenvalue weighted by atomic mass is 32.2. The Labute approximate surface area is 241 Å². The van der Waals surface area contributed by atoms with Crippen LogP contribution in [-0.4, -0.2) is 34.5 Å². The van der Waals surface area contributed by atoms with Gasteiger partial charge in [-0.15, -0.1) is 0 Å². The number of nitrogens with two attached hydrogens (primary N) is 1. The molecule has 0 spiro atoms. The molecule has 1 atom stereocenters. The second kappa shape index (κ2) is 12.0. The van der Waals surface area contributed by atoms with Gasteiger partial charge in [-0.05, 0) is 56.7 Å². The molecule has 0 bridgehead atoms. The first-order valence-corrected chi connectivity index (χ1v) is 14.5. The lowest BCUT2D eigenvalue weighted by molar-refractivity contribution is -0.115. The molecule has 13 heteroatoms. The lowest BCUT2D eigenvalue weighted by Gasteiger charge is -2.16. The molecule has 11 nitrogen and oxygen atoms in total. The number of nitrogens with one attached hydrogen (secondary N) is 2. The first-order chi connectivity index (χ1) is 19.5. The van der Waals surface area contributed by atoms with Crippen LogP contribution in [0.2, 0.25) is 0 Å². The average Bonchev–Trinajstić information content (AvgIpc) is 2.93. The Kier molecular flexibility index (Phi) is 8.52. The van der Waals surface area contributed by atoms with Crippen LogP contribution in [0.25, 0.3) is 11.1 Å². The summed E-state index contributed by atoms with van der Waals surface area (Å²) < 4.78 is 27.7. The number of benzene rings is 2. The van der Waals surface area contributed by atoms with Crippen molar-refractivity contribution in [2.24, 2.45) is 0 Å². The summed E-state index contributed by atoms with van der Waals surface area (Å²) in [6.45, 7) is 5.27. The number of amides is 1. The standard InChI is InChI=1S/C28H24N8O3S2/c1-16-4-6-19(7-5-16)24-22(14-29)25(31)35-27(23(24)15-30)40-18(3)26(37)34-20-8-10-21(11-9-20)41(38,39)36-28-32-13-12-17(2)33-28/h4-13,18H,1-3H3,(H2,31,35)(H,34,37)(H,32,33,36). The maximum atomic E-state index is 13.0. The normalized spacial score (nSPS) is 11.6. The predicted octanol–water partition coefficient (Wildman–Crippen LogP) is 4.40. The van der Waals surface area contributed by atoms with Gasteiger partial charge in [-0.2, -0.15) is 10.5 Å². The molecule has 0 saturated carbocycles. The van der Waals surface area contributed by atoms with Gasteiger partial charge < -0.3 is 11.1 Å². The third kappa shape index (κ3) is 6.61. The topological polar surface area (TPSA) is 188 Å². The van der Waals surface area contributed by atoms with Gasteiger partial charge in [0.05, 0.1) is 15.7 Å². The zero-order valence-corrected chi connectivity index (χ0v) is 23.8. The van der Waals surface area contributed by atoms with Crippen LogP contribution in [0.15, 0.2) is 70.7 Å². The Bertz CT molecular complexity index is 1810. The largest absolute Gasteiger partial charge is 0.383 e. The van der Waals surface area contributed by atoms with E-state index in [4.69, 9.17) is 5.73 Å². The van der Waals surface area contributed by atoms with Crippen LogP contribution in [0.4, 0.5) is 17.5 Å². The van der Waals surface area contributed by atoms with E-state index in [1.807, 2.05) is 25.1 Å². The molecule has 2 heterocycles. The second-order valence-corrected chi connectivity index (χ2v) is 11.9. The molecule has 41 heavy (non-hydrogen) atoms. The van der Waals surface area contributed by atoms with Gasteiger partial charge in [0, 0.05) is 23.1 Å². The maximum Gasteiger partial charge on any atom is 0.264 e. The maximum absolute atomic E-state index is 13.0. The van der Waals surface area contributed by atoms with Crippen molar-refractivity contribution in [3.63, 3.8) is 0 Å². The predicted molar refractivity (Wildman–Crippen MR) is 156 cm³/mol. The SMILES string of the molecule is Cc1ccc(-c2c(C#N)c(N)nc(SC(C)C(=O)Nc3ccc(S(=O)(=O)Nc4nccc(C)n4)cc3)c2C#N)cc1. The highest BCUT2D eigenvalue weighted by molar-refractivity contribution is 8.00. The number of carbonyl (C=O) groups is 1. The number of rotatable bonds is 8. The minimum Gasteiger partial charge on any atom is -0.383 e. The molecule has 2 aromatic carbocycles. The first kappa shape index (κ1) is 29.0. The van der Waals surface area contributed by atoms with E-state index in [0.717, 1.165) is 17.3 Å². The molecule has 0 aliphatic rings. The number of anilines is 3. The van der Waals surface area contributed by atoms with Gasteiger partial charge in [-0.3, -0.25) is 4.79 Å². The Morgan fingerprint density at radius 1 is 0.976 bits per heavy atom. The number of nitriles is 2. The molecule has 0 radical (unpaired) electrons. The monoisotopic (exact) mass is 584 g/mol. The number of pyridine rings is 1. The van der Waals surface area contributed by atoms with Crippen LogP contribution in [-0.2, 0) is 14.8 Å². The molecule has 0 aliphatic carbocycles. The Morgan fingerprint density at radius 2 is 1.63 bits per heavy atom. The molecule has 4 aromatic rings. The number of hydrogen-bond donors (Lipinski definition) is 3. The quantitative estimate of drug-likeness (QED) is 0.250. The molecular formula is C28H24N8O3S2. The summed E-state index contributed by atoms with van der Waals surface area (Å²) in [5.74, 6) is -0.506. The molecule has 1 amide bonds. The third-order valence-corrected chi connectivity index (χ3v) is 8.30. The summed E-state index contributed by atoms with van der Waals surface area (Å²) in [6, 6.07) is 18.7. The average molecular weight is 585 g/mol. The van der Waals surface area contributed by atoms with E-state index in [0.29, 0.717) is 22.5 Å². The zero-order valence-electron chi connectivity index (χ0n) is 22.2. The highest BCUT2D eigenvalue weighted by Crippen LogP contribution is 2.37. The zero-order chi connectivity index (χ0) is 29.7. The van der Waals surface area contributed by atoms with Crippen LogP contribution in [0.3, 0.4) is 0 Å². The summed E-state index contributed by atoms with van der Waals surface area (Å²) in [7, 11) is -3.94. The van der Waals surface area contributed by atoms with Crippen molar-refractivity contribution in [2.75, 3.05) is 15.8 Å². The lowest BCUT2D eigenvalue weighted by Crippen LogP contribution is -2.23. The van der Waals surface area contributed by atoms with Gasteiger partial charge in [0.25, 0.3) is 10.0 Å². The molecule has 4 rings (SSSR count). The minimum absolute atomic E-state index is 0.0393. The van der Waals surface area contributed by atoms with Crippen molar-refractivity contribution in [1.29, 1.82) is 10.5 Å². The molecule has 4 N–H and O–H groups in total. The molecule has 2 aromatic heterocycles. The number of nitrogen functional groups attached to an aromatic ring is 1. The Balaban J connectivity index is 1.52. The fourth-order valence-electron chi connectivity index (χ4n) is 3.75. The van der Waals surface area contributed by atoms with Crippen LogP contribution in [0, 0.1) is 36.5 Å². The van der Waals surface area contributed by atoms with Gasteiger partial charge in [-0.1, -0.05) is 41.6 Å². The van der Waals surface area contributed by atoms with E-state index in [2.05, 4.69) is 31.1 Å². The summed E-state index contributed by atoms with van der Waals surface area (Å²) in [5, 5.41) is 21.9. The minimum atomic E-state index is -3.94. The van der Waals surface area contributed by atoms with Crippen molar-refractivity contribution in [3.8, 4) is 23.3 Å². The van der Waals surface area contributed by atoms with Crippen LogP contribution >= 0.6 is 11.8 Å². The Morgan fingerprint density at radius 3 is 2.24 bits per heavy atom. The van der Waals surface area contributed by atoms with E-state index in [-0.39, 0.29) is 32.8 Å². The summed E-state index contributed by atoms with van der Waals surface area (Å²) >= 11 is 1.02. The smallest absolute Gasteiger partial charge is 0.264 e. The molecular weight excluding hydrogens is 560 g/mol. The van der Waals surface area contributed by atoms with Gasteiger partial charge in [0.1, 0.15) is 28.5 Å². The summed E-state index contributed by atoms with van der Waals surface area (Å²) in [5.41, 5.74) is 9.29. The fourth-order valence-corrected chi connectivity index (χ4v) is 5.62. The van der Waals surface area contributed by atoms with Gasteiger partial charge >= 0.3 is 0 Å². The van der Waals surface area contributed by atoms with Crippen molar-refractivity contribution in [2.45, 2.75) is 35.9 Å². The lowest BCUT2D eigenvalue weighted by atomic mass is 9.96. The number of thioether (sulfide) groups is 1. The van der Waals surface area contributed by atoms with Crippen LogP contribution < -0.4 is 15.8 Å². The van der Waals surface area contributed by atoms with Crippen LogP contribution in [0.1, 0.15) is 29.3 Å². The van der Waals surface area contributed by atoms with Gasteiger partial charge in [0.2, 0.25) is 11.9 Å². The number of sulfonamides is 1. The number of aromatic nitrogens is 3. The molecule has 1 unspecified atom stereocenters. The number of hydrogen-bond acceptors (Lipinski definition) is 10. The van der Waals surface area contributed by atoms with Crippen LogP contribution in [0.5, 0.6) is 0 Å². The summed E-state index contributed by atoms with van der Waals surface area (Å²) in [6.07, 6.45) is 1.45. The van der Waals surface area contributed by atoms with E-state index >= 15 is 0 Å².